The number of aliphatic hydroxyl groups is 12. The Morgan fingerprint density at radius 3 is 0.537 bits per heavy atom. The zero-order valence-electron chi connectivity index (χ0n) is 35.4. The molecule has 6 atom stereocenters. The Morgan fingerprint density at radius 1 is 0.370 bits per heavy atom. The highest BCUT2D eigenvalue weighted by atomic mass is 16.4. The second kappa shape index (κ2) is 61.0. The summed E-state index contributed by atoms with van der Waals surface area (Å²) in [6, 6.07) is 0. The Hall–Kier alpha value is -1.27. The molecule has 13 N–H and O–H groups in total. The second-order valence-electron chi connectivity index (χ2n) is 12.8. The van der Waals surface area contributed by atoms with Crippen LogP contribution in [-0.2, 0) is 4.79 Å². The van der Waals surface area contributed by atoms with Crippen molar-refractivity contribution in [1.82, 2.24) is 0 Å². The maximum absolute atomic E-state index is 9.60. The summed E-state index contributed by atoms with van der Waals surface area (Å²) < 4.78 is 0. The summed E-state index contributed by atoms with van der Waals surface area (Å²) in [5.74, 6) is -0.935. The van der Waals surface area contributed by atoms with E-state index in [0.717, 1.165) is 77.0 Å². The monoisotopic (exact) mass is 795 g/mol. The Labute approximate surface area is 329 Å². The van der Waals surface area contributed by atoms with Crippen molar-refractivity contribution in [2.45, 2.75) is 201 Å². The van der Waals surface area contributed by atoms with Crippen LogP contribution in [0.2, 0.25) is 0 Å². The minimum atomic E-state index is -0.935. The fourth-order valence-electron chi connectivity index (χ4n) is 3.76. The summed E-state index contributed by atoms with van der Waals surface area (Å²) in [6.07, 6.45) is 12.2. The lowest BCUT2D eigenvalue weighted by atomic mass is 10.2. The van der Waals surface area contributed by atoms with Gasteiger partial charge < -0.3 is 66.4 Å². The third-order valence-electron chi connectivity index (χ3n) is 6.87. The van der Waals surface area contributed by atoms with Gasteiger partial charge in [0, 0.05) is 45.2 Å². The Morgan fingerprint density at radius 2 is 0.481 bits per heavy atom. The van der Waals surface area contributed by atoms with E-state index in [9.17, 15) is 4.79 Å². The molecular weight excluding hydrogens is 704 g/mol. The standard InChI is InChI=1S/6C6H14O2.C4H6O2/c6*1-2-3-6(8)4-5-7;1-3(2)4(5)6/h6*6-8H,2-5H2,1H3;1H2,2H3,(H,5,6). The van der Waals surface area contributed by atoms with Crippen molar-refractivity contribution in [2.24, 2.45) is 0 Å². The van der Waals surface area contributed by atoms with Gasteiger partial charge in [0.25, 0.3) is 0 Å². The van der Waals surface area contributed by atoms with Gasteiger partial charge in [0.05, 0.1) is 36.6 Å². The van der Waals surface area contributed by atoms with Crippen molar-refractivity contribution in [3.05, 3.63) is 12.2 Å². The first-order valence-corrected chi connectivity index (χ1v) is 20.1. The molecule has 0 fully saturated rings. The Kier molecular flexibility index (Phi) is 76.2. The first-order chi connectivity index (χ1) is 25.5. The van der Waals surface area contributed by atoms with E-state index in [0.29, 0.717) is 38.5 Å². The summed E-state index contributed by atoms with van der Waals surface area (Å²) in [7, 11) is 0. The highest BCUT2D eigenvalue weighted by Crippen LogP contribution is 2.02. The Balaban J connectivity index is -0.0000000956. The maximum Gasteiger partial charge on any atom is 0.330 e. The van der Waals surface area contributed by atoms with Crippen molar-refractivity contribution >= 4 is 5.97 Å². The van der Waals surface area contributed by atoms with Crippen LogP contribution in [0.25, 0.3) is 0 Å². The third kappa shape index (κ3) is 83.6. The van der Waals surface area contributed by atoms with E-state index in [-0.39, 0.29) is 81.8 Å². The summed E-state index contributed by atoms with van der Waals surface area (Å²) in [4.78, 5) is 9.60. The third-order valence-corrected chi connectivity index (χ3v) is 6.87. The average Bonchev–Trinajstić information content (AvgIpc) is 3.08. The van der Waals surface area contributed by atoms with Crippen LogP contribution in [0.5, 0.6) is 0 Å². The summed E-state index contributed by atoms with van der Waals surface area (Å²) in [5, 5.41) is 111. The van der Waals surface area contributed by atoms with Crippen LogP contribution in [0.3, 0.4) is 0 Å². The number of carboxylic acid groups (broad SMARTS) is 1. The zero-order chi connectivity index (χ0) is 43.6. The van der Waals surface area contributed by atoms with Gasteiger partial charge in [-0.3, -0.25) is 0 Å². The van der Waals surface area contributed by atoms with Crippen molar-refractivity contribution in [2.75, 3.05) is 39.6 Å². The number of aliphatic hydroxyl groups excluding tert-OH is 12. The summed E-state index contributed by atoms with van der Waals surface area (Å²) >= 11 is 0. The van der Waals surface area contributed by atoms with Gasteiger partial charge in [0.15, 0.2) is 0 Å². The van der Waals surface area contributed by atoms with Crippen molar-refractivity contribution in [3.8, 4) is 0 Å². The van der Waals surface area contributed by atoms with Gasteiger partial charge in [0.1, 0.15) is 0 Å². The molecule has 0 amide bonds. The molecule has 334 valence electrons. The van der Waals surface area contributed by atoms with E-state index in [4.69, 9.17) is 66.4 Å². The molecule has 54 heavy (non-hydrogen) atoms. The number of aliphatic carboxylic acids is 1. The normalized spacial score (nSPS) is 13.2. The van der Waals surface area contributed by atoms with Crippen molar-refractivity contribution in [3.63, 3.8) is 0 Å². The molecule has 0 spiro atoms. The molecule has 0 bridgehead atoms. The smallest absolute Gasteiger partial charge is 0.330 e. The molecule has 0 aromatic rings. The molecule has 0 aromatic heterocycles. The van der Waals surface area contributed by atoms with Crippen molar-refractivity contribution in [1.29, 1.82) is 0 Å². The van der Waals surface area contributed by atoms with Gasteiger partial charge in [0.2, 0.25) is 0 Å². The Bertz CT molecular complexity index is 502. The molecule has 14 nitrogen and oxygen atoms in total. The van der Waals surface area contributed by atoms with Crippen LogP contribution in [0.15, 0.2) is 12.2 Å². The molecule has 0 heterocycles. The lowest BCUT2D eigenvalue weighted by Gasteiger charge is -2.04. The van der Waals surface area contributed by atoms with E-state index in [1.165, 1.54) is 6.92 Å². The van der Waals surface area contributed by atoms with Crippen LogP contribution in [0.1, 0.15) is 164 Å². The van der Waals surface area contributed by atoms with Gasteiger partial charge in [-0.2, -0.15) is 0 Å². The number of carbonyl (C=O) groups is 1. The van der Waals surface area contributed by atoms with E-state index in [1.807, 2.05) is 41.5 Å². The first kappa shape index (κ1) is 67.5. The van der Waals surface area contributed by atoms with E-state index in [1.54, 1.807) is 0 Å². The second-order valence-corrected chi connectivity index (χ2v) is 12.8. The molecule has 0 radical (unpaired) electrons. The number of hydrogen-bond acceptors (Lipinski definition) is 13. The molecule has 0 aromatic carbocycles. The van der Waals surface area contributed by atoms with Crippen molar-refractivity contribution < 1.29 is 71.2 Å². The molecule has 0 saturated heterocycles. The molecule has 0 aliphatic heterocycles. The summed E-state index contributed by atoms with van der Waals surface area (Å²) in [5.41, 5.74) is 0.176. The SMILES string of the molecule is C=C(C)C(=O)O.CCCC(O)CCO.CCCC(O)CCO.CCCC(O)CCO.CCCC(O)CCO.CCCC(O)CCO.CCCC(O)CCO. The molecule has 0 saturated carbocycles. The highest BCUT2D eigenvalue weighted by Gasteiger charge is 2.01. The van der Waals surface area contributed by atoms with E-state index < -0.39 is 5.97 Å². The first-order valence-electron chi connectivity index (χ1n) is 20.1. The van der Waals surface area contributed by atoms with Crippen LogP contribution in [0.4, 0.5) is 0 Å². The van der Waals surface area contributed by atoms with Gasteiger partial charge >= 0.3 is 5.97 Å². The lowest BCUT2D eigenvalue weighted by Crippen LogP contribution is -2.07. The quantitative estimate of drug-likeness (QED) is 0.0586. The molecular formula is C40H90O14. The van der Waals surface area contributed by atoms with Crippen LogP contribution in [0, 0.1) is 0 Å². The average molecular weight is 795 g/mol. The van der Waals surface area contributed by atoms with Gasteiger partial charge in [-0.1, -0.05) is 86.6 Å². The molecule has 0 aliphatic rings. The van der Waals surface area contributed by atoms with Gasteiger partial charge in [-0.15, -0.1) is 0 Å². The van der Waals surface area contributed by atoms with E-state index in [2.05, 4.69) is 6.58 Å². The number of rotatable bonds is 25. The fourth-order valence-corrected chi connectivity index (χ4v) is 3.76. The number of hydrogen-bond donors (Lipinski definition) is 13. The largest absolute Gasteiger partial charge is 0.478 e. The minimum absolute atomic E-state index is 0.0984. The molecule has 0 rings (SSSR count). The van der Waals surface area contributed by atoms with Gasteiger partial charge in [-0.05, 0) is 84.0 Å². The van der Waals surface area contributed by atoms with Crippen LogP contribution >= 0.6 is 0 Å². The predicted octanol–water partition coefficient (Wildman–Crippen LogP) is 3.83. The van der Waals surface area contributed by atoms with E-state index >= 15 is 0 Å². The maximum atomic E-state index is 9.60. The highest BCUT2D eigenvalue weighted by molar-refractivity contribution is 5.84. The zero-order valence-corrected chi connectivity index (χ0v) is 35.4. The molecule has 0 aliphatic carbocycles. The summed E-state index contributed by atoms with van der Waals surface area (Å²) in [6.45, 7) is 17.3. The predicted molar refractivity (Wildman–Crippen MR) is 218 cm³/mol. The van der Waals surface area contributed by atoms with Crippen LogP contribution in [-0.4, -0.2) is 149 Å². The number of carboxylic acids is 1. The van der Waals surface area contributed by atoms with Crippen LogP contribution < -0.4 is 0 Å². The minimum Gasteiger partial charge on any atom is -0.478 e. The lowest BCUT2D eigenvalue weighted by molar-refractivity contribution is -0.132. The fraction of sp³-hybridized carbons (Fsp3) is 0.925. The molecule has 14 heteroatoms. The topological polar surface area (TPSA) is 280 Å². The van der Waals surface area contributed by atoms with Gasteiger partial charge in [-0.25, -0.2) is 4.79 Å². The molecule has 6 unspecified atom stereocenters.